The number of carboxylic acids is 1. The topological polar surface area (TPSA) is 54.3 Å². The van der Waals surface area contributed by atoms with E-state index in [9.17, 15) is 9.90 Å². The molecule has 118 valence electrons. The highest BCUT2D eigenvalue weighted by Crippen LogP contribution is 2.38. The highest BCUT2D eigenvalue weighted by Gasteiger charge is 2.21. The molecular formula is C18H18N2O2S. The van der Waals surface area contributed by atoms with E-state index < -0.39 is 5.97 Å². The lowest BCUT2D eigenvalue weighted by molar-refractivity contribution is 0.0683. The fourth-order valence-electron chi connectivity index (χ4n) is 2.72. The Labute approximate surface area is 139 Å². The van der Waals surface area contributed by atoms with Crippen molar-refractivity contribution >= 4 is 28.6 Å². The molecule has 0 saturated carbocycles. The van der Waals surface area contributed by atoms with E-state index in [4.69, 9.17) is 0 Å². The van der Waals surface area contributed by atoms with E-state index in [0.29, 0.717) is 5.69 Å². The molecule has 23 heavy (non-hydrogen) atoms. The second-order valence-corrected chi connectivity index (χ2v) is 6.42. The van der Waals surface area contributed by atoms with Crippen LogP contribution in [0.15, 0.2) is 58.3 Å². The summed E-state index contributed by atoms with van der Waals surface area (Å²) in [5, 5.41) is 13.8. The van der Waals surface area contributed by atoms with Gasteiger partial charge in [-0.25, -0.2) is 4.79 Å². The van der Waals surface area contributed by atoms with Crippen molar-refractivity contribution in [1.29, 1.82) is 0 Å². The Hall–Kier alpha value is -2.24. The second kappa shape index (κ2) is 6.48. The first-order chi connectivity index (χ1) is 11.1. The number of benzene rings is 2. The molecule has 0 aliphatic carbocycles. The van der Waals surface area contributed by atoms with Crippen LogP contribution in [0.25, 0.3) is 10.9 Å². The Kier molecular flexibility index (Phi) is 4.41. The molecule has 0 radical (unpaired) electrons. The van der Waals surface area contributed by atoms with Gasteiger partial charge in [-0.05, 0) is 36.9 Å². The normalized spacial score (nSPS) is 11.0. The van der Waals surface area contributed by atoms with Crippen LogP contribution in [-0.2, 0) is 13.6 Å². The predicted molar refractivity (Wildman–Crippen MR) is 93.2 cm³/mol. The van der Waals surface area contributed by atoms with Gasteiger partial charge in [-0.3, -0.25) is 0 Å². The number of fused-ring (bicyclic) bond motifs is 1. The molecule has 0 fully saturated rings. The largest absolute Gasteiger partial charge is 0.477 e. The lowest BCUT2D eigenvalue weighted by Gasteiger charge is -2.04. The molecule has 3 rings (SSSR count). The summed E-state index contributed by atoms with van der Waals surface area (Å²) in [7, 11) is 3.70. The molecular weight excluding hydrogens is 308 g/mol. The highest BCUT2D eigenvalue weighted by molar-refractivity contribution is 7.99. The third-order valence-electron chi connectivity index (χ3n) is 3.76. The predicted octanol–water partition coefficient (Wildman–Crippen LogP) is 3.75. The van der Waals surface area contributed by atoms with Gasteiger partial charge in [0.15, 0.2) is 0 Å². The first-order valence-corrected chi connectivity index (χ1v) is 8.15. The van der Waals surface area contributed by atoms with Crippen LogP contribution in [0.5, 0.6) is 0 Å². The van der Waals surface area contributed by atoms with Crippen molar-refractivity contribution in [3.8, 4) is 0 Å². The molecule has 2 N–H and O–H groups in total. The highest BCUT2D eigenvalue weighted by atomic mass is 32.2. The van der Waals surface area contributed by atoms with E-state index in [1.165, 1.54) is 11.8 Å². The van der Waals surface area contributed by atoms with Crippen molar-refractivity contribution in [1.82, 2.24) is 9.88 Å². The van der Waals surface area contributed by atoms with Gasteiger partial charge in [0.2, 0.25) is 0 Å². The van der Waals surface area contributed by atoms with Crippen LogP contribution in [0.2, 0.25) is 0 Å². The van der Waals surface area contributed by atoms with Crippen LogP contribution in [-0.4, -0.2) is 22.7 Å². The summed E-state index contributed by atoms with van der Waals surface area (Å²) >= 11 is 1.50. The van der Waals surface area contributed by atoms with Crippen molar-refractivity contribution in [3.05, 3.63) is 59.8 Å². The quantitative estimate of drug-likeness (QED) is 0.750. The number of nitrogens with zero attached hydrogens (tertiary/aromatic N) is 1. The summed E-state index contributed by atoms with van der Waals surface area (Å²) < 4.78 is 1.76. The Balaban J connectivity index is 2.20. The molecule has 1 heterocycles. The van der Waals surface area contributed by atoms with Crippen LogP contribution >= 0.6 is 11.8 Å². The van der Waals surface area contributed by atoms with Gasteiger partial charge < -0.3 is 15.0 Å². The van der Waals surface area contributed by atoms with Crippen LogP contribution in [0.4, 0.5) is 0 Å². The minimum Gasteiger partial charge on any atom is -0.477 e. The molecule has 0 amide bonds. The zero-order valence-electron chi connectivity index (χ0n) is 13.0. The number of hydrogen-bond acceptors (Lipinski definition) is 3. The number of carboxylic acid groups (broad SMARTS) is 1. The van der Waals surface area contributed by atoms with Gasteiger partial charge in [0.1, 0.15) is 5.69 Å². The molecule has 1 aromatic heterocycles. The summed E-state index contributed by atoms with van der Waals surface area (Å²) in [5.41, 5.74) is 2.40. The zero-order chi connectivity index (χ0) is 16.4. The molecule has 2 aromatic carbocycles. The third kappa shape index (κ3) is 2.98. The molecule has 5 heteroatoms. The monoisotopic (exact) mass is 326 g/mol. The summed E-state index contributed by atoms with van der Waals surface area (Å²) in [6, 6.07) is 15.9. The molecule has 0 unspecified atom stereocenters. The maximum atomic E-state index is 11.8. The molecule has 4 nitrogen and oxygen atoms in total. The number of aromatic nitrogens is 1. The van der Waals surface area contributed by atoms with Gasteiger partial charge in [-0.1, -0.05) is 36.0 Å². The van der Waals surface area contributed by atoms with Gasteiger partial charge in [-0.2, -0.15) is 0 Å². The first kappa shape index (κ1) is 15.6. The Bertz CT molecular complexity index is 856. The molecule has 0 spiro atoms. The van der Waals surface area contributed by atoms with Gasteiger partial charge in [-0.15, -0.1) is 0 Å². The Morgan fingerprint density at radius 1 is 1.22 bits per heavy atom. The summed E-state index contributed by atoms with van der Waals surface area (Å²) in [4.78, 5) is 13.6. The van der Waals surface area contributed by atoms with E-state index >= 15 is 0 Å². The number of aromatic carboxylic acids is 1. The molecule has 3 aromatic rings. The van der Waals surface area contributed by atoms with E-state index in [0.717, 1.165) is 32.8 Å². The van der Waals surface area contributed by atoms with E-state index in [-0.39, 0.29) is 0 Å². The SMILES string of the molecule is CNCc1ccc2c(c1)c(Sc1ccccc1)c(C(=O)O)n2C. The minimum atomic E-state index is -0.905. The maximum absolute atomic E-state index is 11.8. The number of carbonyl (C=O) groups is 1. The number of aryl methyl sites for hydroxylation is 1. The first-order valence-electron chi connectivity index (χ1n) is 7.34. The van der Waals surface area contributed by atoms with Crippen molar-refractivity contribution in [3.63, 3.8) is 0 Å². The average molecular weight is 326 g/mol. The van der Waals surface area contributed by atoms with Crippen LogP contribution in [0.1, 0.15) is 16.1 Å². The molecule has 0 bridgehead atoms. The van der Waals surface area contributed by atoms with Gasteiger partial charge in [0.05, 0.1) is 4.90 Å². The smallest absolute Gasteiger partial charge is 0.353 e. The fraction of sp³-hybridized carbons (Fsp3) is 0.167. The lowest BCUT2D eigenvalue weighted by Crippen LogP contribution is -2.05. The second-order valence-electron chi connectivity index (χ2n) is 5.34. The number of nitrogens with one attached hydrogen (secondary N) is 1. The van der Waals surface area contributed by atoms with Crippen LogP contribution in [0.3, 0.4) is 0 Å². The van der Waals surface area contributed by atoms with Crippen molar-refractivity contribution in [2.45, 2.75) is 16.3 Å². The summed E-state index contributed by atoms with van der Waals surface area (Å²) in [6.45, 7) is 0.753. The standard InChI is InChI=1S/C18H18N2O2S/c1-19-11-12-8-9-15-14(10-12)17(16(18(21)22)20(15)2)23-13-6-4-3-5-7-13/h3-10,19H,11H2,1-2H3,(H,21,22). The van der Waals surface area contributed by atoms with E-state index in [1.54, 1.807) is 11.6 Å². The van der Waals surface area contributed by atoms with Gasteiger partial charge >= 0.3 is 5.97 Å². The lowest BCUT2D eigenvalue weighted by atomic mass is 10.1. The van der Waals surface area contributed by atoms with E-state index in [2.05, 4.69) is 11.4 Å². The third-order valence-corrected chi connectivity index (χ3v) is 4.89. The van der Waals surface area contributed by atoms with Gasteiger partial charge in [0, 0.05) is 29.4 Å². The Morgan fingerprint density at radius 2 is 1.96 bits per heavy atom. The van der Waals surface area contributed by atoms with Gasteiger partial charge in [0.25, 0.3) is 0 Å². The zero-order valence-corrected chi connectivity index (χ0v) is 13.9. The molecule has 0 saturated heterocycles. The maximum Gasteiger partial charge on any atom is 0.353 e. The average Bonchev–Trinajstić information content (AvgIpc) is 2.81. The minimum absolute atomic E-state index is 0.329. The van der Waals surface area contributed by atoms with Crippen molar-refractivity contribution < 1.29 is 9.90 Å². The van der Waals surface area contributed by atoms with Crippen molar-refractivity contribution in [2.24, 2.45) is 7.05 Å². The molecule has 0 aliphatic heterocycles. The fourth-order valence-corrected chi connectivity index (χ4v) is 3.85. The number of rotatable bonds is 5. The Morgan fingerprint density at radius 3 is 2.61 bits per heavy atom. The molecule has 0 aliphatic rings. The van der Waals surface area contributed by atoms with Crippen LogP contribution < -0.4 is 5.32 Å². The van der Waals surface area contributed by atoms with Crippen molar-refractivity contribution in [2.75, 3.05) is 7.05 Å². The summed E-state index contributed by atoms with van der Waals surface area (Å²) in [6.07, 6.45) is 0. The number of hydrogen-bond donors (Lipinski definition) is 2. The van der Waals surface area contributed by atoms with E-state index in [1.807, 2.05) is 49.5 Å². The molecule has 0 atom stereocenters. The summed E-state index contributed by atoms with van der Waals surface area (Å²) in [5.74, 6) is -0.905. The van der Waals surface area contributed by atoms with Crippen LogP contribution in [0, 0.1) is 0 Å².